The Balaban J connectivity index is 2.09. The van der Waals surface area contributed by atoms with Crippen LogP contribution in [0.4, 0.5) is 5.69 Å². The molecule has 0 unspecified atom stereocenters. The number of benzene rings is 1. The van der Waals surface area contributed by atoms with Crippen molar-refractivity contribution in [2.24, 2.45) is 5.92 Å². The van der Waals surface area contributed by atoms with Gasteiger partial charge in [-0.3, -0.25) is 9.59 Å². The summed E-state index contributed by atoms with van der Waals surface area (Å²) in [6.45, 7) is 4.33. The fourth-order valence-electron chi connectivity index (χ4n) is 2.42. The van der Waals surface area contributed by atoms with Gasteiger partial charge in [0.2, 0.25) is 11.8 Å². The maximum atomic E-state index is 12.3. The second-order valence-electron chi connectivity index (χ2n) is 5.37. The van der Waals surface area contributed by atoms with Crippen LogP contribution in [0.5, 0.6) is 5.75 Å². The first-order valence-corrected chi connectivity index (χ1v) is 7.24. The van der Waals surface area contributed by atoms with E-state index in [2.05, 4.69) is 5.32 Å². The van der Waals surface area contributed by atoms with Crippen molar-refractivity contribution < 1.29 is 14.3 Å². The van der Waals surface area contributed by atoms with Crippen LogP contribution in [0.3, 0.4) is 0 Å². The van der Waals surface area contributed by atoms with E-state index in [0.29, 0.717) is 23.0 Å². The van der Waals surface area contributed by atoms with Gasteiger partial charge in [-0.2, -0.15) is 0 Å². The Labute approximate surface area is 129 Å². The summed E-state index contributed by atoms with van der Waals surface area (Å²) in [7, 11) is 1.53. The Hall–Kier alpha value is -1.75. The molecule has 1 aromatic rings. The molecule has 0 aromatic heterocycles. The van der Waals surface area contributed by atoms with Gasteiger partial charge in [0.05, 0.1) is 18.7 Å². The van der Waals surface area contributed by atoms with Crippen molar-refractivity contribution in [3.8, 4) is 5.75 Å². The van der Waals surface area contributed by atoms with Crippen LogP contribution in [0.1, 0.15) is 20.3 Å². The zero-order chi connectivity index (χ0) is 15.6. The summed E-state index contributed by atoms with van der Waals surface area (Å²) in [6, 6.07) is 5.12. The van der Waals surface area contributed by atoms with Gasteiger partial charge in [0.1, 0.15) is 5.75 Å². The number of nitrogens with zero attached hydrogens (tertiary/aromatic N) is 1. The molecule has 1 aromatic carbocycles. The average Bonchev–Trinajstić information content (AvgIpc) is 2.81. The number of methoxy groups -OCH3 is 1. The summed E-state index contributed by atoms with van der Waals surface area (Å²) >= 11 is 5.94. The number of hydrogen-bond acceptors (Lipinski definition) is 3. The number of anilines is 1. The summed E-state index contributed by atoms with van der Waals surface area (Å²) < 4.78 is 5.19. The fourth-order valence-corrected chi connectivity index (χ4v) is 2.59. The van der Waals surface area contributed by atoms with Crippen LogP contribution in [0.15, 0.2) is 18.2 Å². The zero-order valence-corrected chi connectivity index (χ0v) is 13.1. The van der Waals surface area contributed by atoms with Gasteiger partial charge in [0.25, 0.3) is 0 Å². The third kappa shape index (κ3) is 3.47. The smallest absolute Gasteiger partial charge is 0.229 e. The first kappa shape index (κ1) is 15.6. The van der Waals surface area contributed by atoms with Gasteiger partial charge in [0, 0.05) is 24.0 Å². The Bertz CT molecular complexity index is 560. The SMILES string of the molecule is COc1ccc(Cl)cc1NC(=O)[C@H]1CC(=O)N(C(C)C)C1. The van der Waals surface area contributed by atoms with Crippen molar-refractivity contribution in [3.63, 3.8) is 0 Å². The topological polar surface area (TPSA) is 58.6 Å². The van der Waals surface area contributed by atoms with E-state index in [1.165, 1.54) is 7.11 Å². The number of ether oxygens (including phenoxy) is 1. The summed E-state index contributed by atoms with van der Waals surface area (Å²) in [4.78, 5) is 25.9. The Morgan fingerprint density at radius 2 is 2.19 bits per heavy atom. The highest BCUT2D eigenvalue weighted by atomic mass is 35.5. The molecule has 0 aliphatic carbocycles. The lowest BCUT2D eigenvalue weighted by Gasteiger charge is -2.20. The zero-order valence-electron chi connectivity index (χ0n) is 12.4. The molecule has 1 fully saturated rings. The minimum Gasteiger partial charge on any atom is -0.495 e. The van der Waals surface area contributed by atoms with Crippen LogP contribution in [-0.4, -0.2) is 36.4 Å². The first-order chi connectivity index (χ1) is 9.92. The maximum absolute atomic E-state index is 12.3. The van der Waals surface area contributed by atoms with Crippen LogP contribution >= 0.6 is 11.6 Å². The Morgan fingerprint density at radius 1 is 1.48 bits per heavy atom. The van der Waals surface area contributed by atoms with Crippen LogP contribution in [0.25, 0.3) is 0 Å². The van der Waals surface area contributed by atoms with E-state index in [0.717, 1.165) is 0 Å². The van der Waals surface area contributed by atoms with Gasteiger partial charge in [-0.05, 0) is 32.0 Å². The summed E-state index contributed by atoms with van der Waals surface area (Å²) in [6.07, 6.45) is 0.243. The molecular weight excluding hydrogens is 292 g/mol. The van der Waals surface area contributed by atoms with E-state index >= 15 is 0 Å². The Morgan fingerprint density at radius 3 is 2.76 bits per heavy atom. The maximum Gasteiger partial charge on any atom is 0.229 e. The second kappa shape index (κ2) is 6.35. The molecule has 0 spiro atoms. The predicted molar refractivity (Wildman–Crippen MR) is 81.6 cm³/mol. The second-order valence-corrected chi connectivity index (χ2v) is 5.81. The van der Waals surface area contributed by atoms with Crippen molar-refractivity contribution in [2.75, 3.05) is 19.0 Å². The van der Waals surface area contributed by atoms with E-state index in [1.807, 2.05) is 13.8 Å². The van der Waals surface area contributed by atoms with Crippen LogP contribution in [0.2, 0.25) is 5.02 Å². The van der Waals surface area contributed by atoms with Crippen molar-refractivity contribution in [3.05, 3.63) is 23.2 Å². The molecule has 2 amide bonds. The van der Waals surface area contributed by atoms with Gasteiger partial charge in [-0.1, -0.05) is 11.6 Å². The van der Waals surface area contributed by atoms with Crippen LogP contribution < -0.4 is 10.1 Å². The van der Waals surface area contributed by atoms with E-state index in [4.69, 9.17) is 16.3 Å². The minimum atomic E-state index is -0.344. The number of carbonyl (C=O) groups excluding carboxylic acids is 2. The van der Waals surface area contributed by atoms with Crippen molar-refractivity contribution >= 4 is 29.1 Å². The van der Waals surface area contributed by atoms with Gasteiger partial charge in [-0.25, -0.2) is 0 Å². The quantitative estimate of drug-likeness (QED) is 0.929. The summed E-state index contributed by atoms with van der Waals surface area (Å²) in [5, 5.41) is 3.31. The third-order valence-electron chi connectivity index (χ3n) is 3.57. The monoisotopic (exact) mass is 310 g/mol. The molecule has 1 N–H and O–H groups in total. The van der Waals surface area contributed by atoms with Gasteiger partial charge < -0.3 is 15.0 Å². The highest BCUT2D eigenvalue weighted by molar-refractivity contribution is 6.31. The molecule has 1 heterocycles. The lowest BCUT2D eigenvalue weighted by Crippen LogP contribution is -2.33. The summed E-state index contributed by atoms with van der Waals surface area (Å²) in [5.74, 6) is 0.0247. The van der Waals surface area contributed by atoms with E-state index in [1.54, 1.807) is 23.1 Å². The molecule has 1 atom stereocenters. The van der Waals surface area contributed by atoms with Crippen molar-refractivity contribution in [1.29, 1.82) is 0 Å². The van der Waals surface area contributed by atoms with Crippen LogP contribution in [-0.2, 0) is 9.59 Å². The predicted octanol–water partition coefficient (Wildman–Crippen LogP) is 2.54. The molecule has 0 bridgehead atoms. The molecule has 1 saturated heterocycles. The van der Waals surface area contributed by atoms with E-state index < -0.39 is 0 Å². The third-order valence-corrected chi connectivity index (χ3v) is 3.81. The largest absolute Gasteiger partial charge is 0.495 e. The van der Waals surface area contributed by atoms with Gasteiger partial charge in [-0.15, -0.1) is 0 Å². The standard InChI is InChI=1S/C15H19ClN2O3/c1-9(2)18-8-10(6-14(18)19)15(20)17-12-7-11(16)4-5-13(12)21-3/h4-5,7,9-10H,6,8H2,1-3H3,(H,17,20)/t10-/m0/s1. The van der Waals surface area contributed by atoms with Crippen molar-refractivity contribution in [2.45, 2.75) is 26.3 Å². The van der Waals surface area contributed by atoms with Crippen LogP contribution in [0, 0.1) is 5.92 Å². The van der Waals surface area contributed by atoms with E-state index in [-0.39, 0.29) is 30.2 Å². The fraction of sp³-hybridized carbons (Fsp3) is 0.467. The molecule has 5 nitrogen and oxygen atoms in total. The highest BCUT2D eigenvalue weighted by Crippen LogP contribution is 2.29. The molecule has 1 aliphatic heterocycles. The van der Waals surface area contributed by atoms with Gasteiger partial charge in [0.15, 0.2) is 0 Å². The molecule has 0 saturated carbocycles. The summed E-state index contributed by atoms with van der Waals surface area (Å²) in [5.41, 5.74) is 0.519. The number of carbonyl (C=O) groups is 2. The Kier molecular flexibility index (Phi) is 4.73. The minimum absolute atomic E-state index is 0.0169. The van der Waals surface area contributed by atoms with E-state index in [9.17, 15) is 9.59 Å². The number of hydrogen-bond donors (Lipinski definition) is 1. The lowest BCUT2D eigenvalue weighted by atomic mass is 10.1. The number of likely N-dealkylation sites (tertiary alicyclic amines) is 1. The number of amides is 2. The number of nitrogens with one attached hydrogen (secondary N) is 1. The molecule has 1 aliphatic rings. The number of halogens is 1. The molecule has 6 heteroatoms. The molecule has 2 rings (SSSR count). The molecule has 21 heavy (non-hydrogen) atoms. The van der Waals surface area contributed by atoms with Crippen molar-refractivity contribution in [1.82, 2.24) is 4.90 Å². The molecule has 114 valence electrons. The highest BCUT2D eigenvalue weighted by Gasteiger charge is 2.35. The lowest BCUT2D eigenvalue weighted by molar-refractivity contribution is -0.129. The normalized spacial score (nSPS) is 18.2. The molecule has 0 radical (unpaired) electrons. The first-order valence-electron chi connectivity index (χ1n) is 6.86. The molecular formula is C15H19ClN2O3. The average molecular weight is 311 g/mol. The number of rotatable bonds is 4. The van der Waals surface area contributed by atoms with Gasteiger partial charge >= 0.3 is 0 Å².